The van der Waals surface area contributed by atoms with Crippen LogP contribution in [0.25, 0.3) is 0 Å². The van der Waals surface area contributed by atoms with Crippen LogP contribution < -0.4 is 10.1 Å². The maximum absolute atomic E-state index is 13.1. The van der Waals surface area contributed by atoms with Gasteiger partial charge in [0.1, 0.15) is 5.75 Å². The Morgan fingerprint density at radius 1 is 1.11 bits per heavy atom. The summed E-state index contributed by atoms with van der Waals surface area (Å²) in [6.07, 6.45) is 4.77. The Labute approximate surface area is 163 Å². The summed E-state index contributed by atoms with van der Waals surface area (Å²) in [5.74, 6) is 0.462. The third kappa shape index (κ3) is 4.03. The fourth-order valence-electron chi connectivity index (χ4n) is 4.81. The number of hydrogen-bond acceptors (Lipinski definition) is 5. The number of rotatable bonds is 7. The predicted octanol–water partition coefficient (Wildman–Crippen LogP) is 2.33. The van der Waals surface area contributed by atoms with Crippen LogP contribution in [0.3, 0.4) is 0 Å². The minimum atomic E-state index is -3.67. The SMILES string of the molecule is O=S(=O)(c1ccc(OC(F)F)cc1)N1[C@@H]2CC[C@H]1C[C@H](NCC1CC(O)C1)C2. The number of hydrogen-bond donors (Lipinski definition) is 2. The van der Waals surface area contributed by atoms with Crippen LogP contribution in [0.4, 0.5) is 8.78 Å². The molecule has 0 unspecified atom stereocenters. The molecule has 156 valence electrons. The molecule has 1 saturated carbocycles. The molecule has 9 heteroatoms. The van der Waals surface area contributed by atoms with Crippen molar-refractivity contribution >= 4 is 10.0 Å². The van der Waals surface area contributed by atoms with Crippen molar-refractivity contribution in [3.05, 3.63) is 24.3 Å². The van der Waals surface area contributed by atoms with Crippen molar-refractivity contribution < 1.29 is 27.0 Å². The summed E-state index contributed by atoms with van der Waals surface area (Å²) in [6, 6.07) is 5.42. The van der Waals surface area contributed by atoms with Crippen LogP contribution in [0.1, 0.15) is 38.5 Å². The van der Waals surface area contributed by atoms with Gasteiger partial charge in [-0.3, -0.25) is 0 Å². The lowest BCUT2D eigenvalue weighted by Crippen LogP contribution is -2.52. The molecule has 2 N–H and O–H groups in total. The van der Waals surface area contributed by atoms with Crippen LogP contribution in [0.2, 0.25) is 0 Å². The highest BCUT2D eigenvalue weighted by atomic mass is 32.2. The van der Waals surface area contributed by atoms with Gasteiger partial charge in [-0.05, 0) is 75.3 Å². The Hall–Kier alpha value is -1.29. The smallest absolute Gasteiger partial charge is 0.387 e. The maximum atomic E-state index is 13.1. The van der Waals surface area contributed by atoms with Gasteiger partial charge in [-0.15, -0.1) is 0 Å². The van der Waals surface area contributed by atoms with E-state index < -0.39 is 16.6 Å². The maximum Gasteiger partial charge on any atom is 0.387 e. The largest absolute Gasteiger partial charge is 0.435 e. The van der Waals surface area contributed by atoms with Crippen LogP contribution in [-0.4, -0.2) is 55.2 Å². The lowest BCUT2D eigenvalue weighted by Gasteiger charge is -2.40. The number of halogens is 2. The van der Waals surface area contributed by atoms with Gasteiger partial charge in [0.25, 0.3) is 0 Å². The minimum Gasteiger partial charge on any atom is -0.435 e. The molecule has 1 aromatic rings. The summed E-state index contributed by atoms with van der Waals surface area (Å²) in [6.45, 7) is -2.06. The molecule has 0 spiro atoms. The summed E-state index contributed by atoms with van der Waals surface area (Å²) >= 11 is 0. The van der Waals surface area contributed by atoms with Crippen LogP contribution in [-0.2, 0) is 10.0 Å². The highest BCUT2D eigenvalue weighted by Crippen LogP contribution is 2.40. The van der Waals surface area contributed by atoms with Gasteiger partial charge in [-0.25, -0.2) is 8.42 Å². The van der Waals surface area contributed by atoms with Gasteiger partial charge in [0.05, 0.1) is 11.0 Å². The summed E-state index contributed by atoms with van der Waals surface area (Å²) in [5, 5.41) is 13.0. The number of piperidine rings is 1. The Morgan fingerprint density at radius 3 is 2.25 bits per heavy atom. The molecule has 2 saturated heterocycles. The first-order chi connectivity index (χ1) is 13.3. The van der Waals surface area contributed by atoms with Gasteiger partial charge in [-0.2, -0.15) is 13.1 Å². The number of aliphatic hydroxyl groups is 1. The summed E-state index contributed by atoms with van der Waals surface area (Å²) in [5.41, 5.74) is 0. The Kier molecular flexibility index (Phi) is 5.61. The highest BCUT2D eigenvalue weighted by Gasteiger charge is 2.47. The first-order valence-electron chi connectivity index (χ1n) is 9.83. The number of aliphatic hydroxyl groups excluding tert-OH is 1. The molecule has 1 aliphatic carbocycles. The van der Waals surface area contributed by atoms with E-state index in [0.29, 0.717) is 12.0 Å². The average Bonchev–Trinajstić information content (AvgIpc) is 2.90. The van der Waals surface area contributed by atoms with Gasteiger partial charge in [0.15, 0.2) is 0 Å². The number of ether oxygens (including phenoxy) is 1. The highest BCUT2D eigenvalue weighted by molar-refractivity contribution is 7.89. The number of sulfonamides is 1. The third-order valence-electron chi connectivity index (χ3n) is 6.20. The zero-order chi connectivity index (χ0) is 19.9. The van der Waals surface area contributed by atoms with Gasteiger partial charge < -0.3 is 15.2 Å². The van der Waals surface area contributed by atoms with Crippen LogP contribution in [0.5, 0.6) is 5.75 Å². The number of benzene rings is 1. The first kappa shape index (κ1) is 20.0. The molecule has 2 heterocycles. The van der Waals surface area contributed by atoms with E-state index in [0.717, 1.165) is 45.1 Å². The second-order valence-corrected chi connectivity index (χ2v) is 9.98. The van der Waals surface area contributed by atoms with Crippen LogP contribution in [0, 0.1) is 5.92 Å². The van der Waals surface area contributed by atoms with Crippen molar-refractivity contribution in [2.75, 3.05) is 6.54 Å². The summed E-state index contributed by atoms with van der Waals surface area (Å²) < 4.78 is 56.8. The van der Waals surface area contributed by atoms with Crippen molar-refractivity contribution in [3.63, 3.8) is 0 Å². The molecular weight excluding hydrogens is 390 g/mol. The fourth-order valence-corrected chi connectivity index (χ4v) is 6.70. The number of nitrogens with one attached hydrogen (secondary N) is 1. The topological polar surface area (TPSA) is 78.9 Å². The molecule has 0 radical (unpaired) electrons. The van der Waals surface area contributed by atoms with Gasteiger partial charge >= 0.3 is 6.61 Å². The summed E-state index contributed by atoms with van der Waals surface area (Å²) in [7, 11) is -3.67. The Morgan fingerprint density at radius 2 is 1.71 bits per heavy atom. The number of fused-ring (bicyclic) bond motifs is 2. The van der Waals surface area contributed by atoms with E-state index >= 15 is 0 Å². The number of nitrogens with zero attached hydrogens (tertiary/aromatic N) is 1. The quantitative estimate of drug-likeness (QED) is 0.713. The monoisotopic (exact) mass is 416 g/mol. The van der Waals surface area contributed by atoms with Gasteiger partial charge in [0.2, 0.25) is 10.0 Å². The van der Waals surface area contributed by atoms with E-state index in [1.54, 1.807) is 4.31 Å². The normalized spacial score (nSPS) is 33.1. The first-order valence-corrected chi connectivity index (χ1v) is 11.3. The molecule has 3 fully saturated rings. The van der Waals surface area contributed by atoms with E-state index in [1.807, 2.05) is 0 Å². The second kappa shape index (κ2) is 7.85. The van der Waals surface area contributed by atoms with E-state index in [1.165, 1.54) is 24.3 Å². The van der Waals surface area contributed by atoms with E-state index in [-0.39, 0.29) is 28.8 Å². The predicted molar refractivity (Wildman–Crippen MR) is 98.7 cm³/mol. The molecule has 0 amide bonds. The molecule has 2 bridgehead atoms. The lowest BCUT2D eigenvalue weighted by atomic mass is 9.82. The van der Waals surface area contributed by atoms with Gasteiger partial charge in [-0.1, -0.05) is 0 Å². The zero-order valence-corrected chi connectivity index (χ0v) is 16.3. The van der Waals surface area contributed by atoms with Crippen LogP contribution >= 0.6 is 0 Å². The Balaban J connectivity index is 1.40. The minimum absolute atomic E-state index is 0.0368. The fraction of sp³-hybridized carbons (Fsp3) is 0.684. The molecule has 1 aromatic carbocycles. The van der Waals surface area contributed by atoms with Crippen LogP contribution in [0.15, 0.2) is 29.2 Å². The molecule has 3 atom stereocenters. The zero-order valence-electron chi connectivity index (χ0n) is 15.5. The van der Waals surface area contributed by atoms with Crippen molar-refractivity contribution in [2.45, 2.75) is 74.3 Å². The lowest BCUT2D eigenvalue weighted by molar-refractivity contribution is -0.0498. The van der Waals surface area contributed by atoms with E-state index in [9.17, 15) is 22.3 Å². The molecule has 3 aliphatic rings. The second-order valence-electron chi connectivity index (χ2n) is 8.14. The molecule has 2 aliphatic heterocycles. The molecule has 28 heavy (non-hydrogen) atoms. The molecule has 6 nitrogen and oxygen atoms in total. The third-order valence-corrected chi connectivity index (χ3v) is 8.22. The van der Waals surface area contributed by atoms with E-state index in [2.05, 4.69) is 10.1 Å². The van der Waals surface area contributed by atoms with Crippen molar-refractivity contribution in [3.8, 4) is 5.75 Å². The van der Waals surface area contributed by atoms with Crippen molar-refractivity contribution in [2.24, 2.45) is 5.92 Å². The van der Waals surface area contributed by atoms with Crippen molar-refractivity contribution in [1.82, 2.24) is 9.62 Å². The molecule has 4 rings (SSSR count). The molecular formula is C19H26F2N2O4S. The van der Waals surface area contributed by atoms with E-state index in [4.69, 9.17) is 0 Å². The summed E-state index contributed by atoms with van der Waals surface area (Å²) in [4.78, 5) is 0.112. The van der Waals surface area contributed by atoms with Gasteiger partial charge in [0, 0.05) is 18.1 Å². The van der Waals surface area contributed by atoms with Crippen molar-refractivity contribution in [1.29, 1.82) is 0 Å². The Bertz CT molecular complexity index is 770. The molecule has 0 aromatic heterocycles. The number of alkyl halides is 2. The standard InChI is InChI=1S/C19H26F2N2O4S/c20-19(21)27-17-3-5-18(6-4-17)28(25,26)23-14-1-2-15(23)10-13(9-14)22-11-12-7-16(24)8-12/h3-6,12-16,19,22,24H,1-2,7-11H2/t12?,13-,14-,15+,16?. The average molecular weight is 416 g/mol.